The highest BCUT2D eigenvalue weighted by molar-refractivity contribution is 7.80. The Hall–Kier alpha value is -4.16. The van der Waals surface area contributed by atoms with E-state index in [9.17, 15) is 0 Å². The fourth-order valence-corrected chi connectivity index (χ4v) is 3.49. The van der Waals surface area contributed by atoms with Gasteiger partial charge in [-0.25, -0.2) is 4.98 Å². The second-order valence-corrected chi connectivity index (χ2v) is 7.84. The third-order valence-corrected chi connectivity index (χ3v) is 5.31. The molecule has 6 heteroatoms. The lowest BCUT2D eigenvalue weighted by molar-refractivity contribution is 1.22. The van der Waals surface area contributed by atoms with E-state index in [1.54, 1.807) is 12.4 Å². The average Bonchev–Trinajstić information content (AvgIpc) is 2.89. The van der Waals surface area contributed by atoms with Gasteiger partial charge in [0.15, 0.2) is 0 Å². The Morgan fingerprint density at radius 2 is 1.03 bits per heavy atom. The maximum atomic E-state index is 4.82. The molecule has 3 aromatic heterocycles. The number of benzene rings is 2. The summed E-state index contributed by atoms with van der Waals surface area (Å²) in [7, 11) is 0. The lowest BCUT2D eigenvalue weighted by Gasteiger charge is -2.09. The van der Waals surface area contributed by atoms with Crippen molar-refractivity contribution >= 4 is 24.0 Å². The van der Waals surface area contributed by atoms with Crippen molar-refractivity contribution in [1.82, 2.24) is 15.0 Å². The molecule has 0 radical (unpaired) electrons. The lowest BCUT2D eigenvalue weighted by atomic mass is 10.0. The molecule has 0 atom stereocenters. The minimum atomic E-state index is 0.776. The van der Waals surface area contributed by atoms with E-state index in [4.69, 9.17) is 4.98 Å². The number of aromatic nitrogens is 3. The lowest BCUT2D eigenvalue weighted by Crippen LogP contribution is -1.93. The zero-order valence-electron chi connectivity index (χ0n) is 17.6. The molecule has 0 saturated carbocycles. The van der Waals surface area contributed by atoms with Crippen molar-refractivity contribution in [3.63, 3.8) is 0 Å². The van der Waals surface area contributed by atoms with Crippen LogP contribution in [0.1, 0.15) is 0 Å². The van der Waals surface area contributed by atoms with Crippen molar-refractivity contribution in [1.29, 1.82) is 0 Å². The summed E-state index contributed by atoms with van der Waals surface area (Å²) in [4.78, 5) is 14.7. The number of hydrogen-bond acceptors (Lipinski definition) is 6. The smallest absolute Gasteiger partial charge is 0.0900 e. The largest absolute Gasteiger partial charge is 0.255 e. The van der Waals surface area contributed by atoms with E-state index >= 15 is 0 Å². The molecule has 0 fully saturated rings. The van der Waals surface area contributed by atoms with Gasteiger partial charge < -0.3 is 0 Å². The zero-order valence-corrected chi connectivity index (χ0v) is 18.5. The van der Waals surface area contributed by atoms with Crippen molar-refractivity contribution in [3.05, 3.63) is 109 Å². The molecular formula is C27H19N5S. The van der Waals surface area contributed by atoms with Gasteiger partial charge in [0.05, 0.1) is 34.2 Å². The molecule has 0 aliphatic heterocycles. The van der Waals surface area contributed by atoms with E-state index in [0.29, 0.717) is 0 Å². The van der Waals surface area contributed by atoms with Crippen molar-refractivity contribution in [2.45, 2.75) is 4.90 Å². The molecule has 5 aromatic rings. The number of rotatable bonds is 5. The highest BCUT2D eigenvalue weighted by Gasteiger charge is 2.10. The molecule has 5 rings (SSSR count). The van der Waals surface area contributed by atoms with E-state index < -0.39 is 0 Å². The van der Waals surface area contributed by atoms with Crippen molar-refractivity contribution in [2.24, 2.45) is 10.2 Å². The summed E-state index contributed by atoms with van der Waals surface area (Å²) in [5, 5.41) is 8.63. The summed E-state index contributed by atoms with van der Waals surface area (Å²) in [5.74, 6) is 0. The number of nitrogens with zero attached hydrogens (tertiary/aromatic N) is 5. The van der Waals surface area contributed by atoms with Gasteiger partial charge in [-0.3, -0.25) is 9.97 Å². The minimum Gasteiger partial charge on any atom is -0.255 e. The molecule has 0 aliphatic rings. The van der Waals surface area contributed by atoms with Crippen LogP contribution >= 0.6 is 12.6 Å². The van der Waals surface area contributed by atoms with Crippen LogP contribution in [-0.4, -0.2) is 15.0 Å². The fourth-order valence-electron chi connectivity index (χ4n) is 3.34. The molecule has 2 aromatic carbocycles. The van der Waals surface area contributed by atoms with E-state index in [1.807, 2.05) is 97.1 Å². The van der Waals surface area contributed by atoms with Crippen molar-refractivity contribution in [2.75, 3.05) is 0 Å². The van der Waals surface area contributed by atoms with Gasteiger partial charge in [-0.05, 0) is 83.9 Å². The summed E-state index contributed by atoms with van der Waals surface area (Å²) in [6.45, 7) is 0. The normalized spacial score (nSPS) is 11.1. The predicted octanol–water partition coefficient (Wildman–Crippen LogP) is 7.58. The molecule has 0 bridgehead atoms. The van der Waals surface area contributed by atoms with Crippen LogP contribution in [0.3, 0.4) is 0 Å². The minimum absolute atomic E-state index is 0.776. The molecule has 158 valence electrons. The van der Waals surface area contributed by atoms with Gasteiger partial charge in [-0.1, -0.05) is 24.3 Å². The summed E-state index contributed by atoms with van der Waals surface area (Å²) in [6, 6.07) is 31.2. The molecule has 0 N–H and O–H groups in total. The van der Waals surface area contributed by atoms with Crippen molar-refractivity contribution < 1.29 is 0 Å². The molecule has 5 nitrogen and oxygen atoms in total. The van der Waals surface area contributed by atoms with Crippen LogP contribution in [-0.2, 0) is 0 Å². The van der Waals surface area contributed by atoms with Gasteiger partial charge in [0.25, 0.3) is 0 Å². The van der Waals surface area contributed by atoms with Crippen LogP contribution in [0.4, 0.5) is 11.4 Å². The van der Waals surface area contributed by atoms with Crippen LogP contribution in [0.15, 0.2) is 125 Å². The number of hydrogen-bond donors (Lipinski definition) is 1. The Bertz CT molecular complexity index is 1330. The monoisotopic (exact) mass is 445 g/mol. The van der Waals surface area contributed by atoms with Gasteiger partial charge in [0.1, 0.15) is 0 Å². The van der Waals surface area contributed by atoms with Crippen LogP contribution < -0.4 is 0 Å². The van der Waals surface area contributed by atoms with Crippen LogP contribution in [0.25, 0.3) is 33.9 Å². The first-order valence-corrected chi connectivity index (χ1v) is 10.9. The van der Waals surface area contributed by atoms with E-state index in [0.717, 1.165) is 50.2 Å². The first-order valence-electron chi connectivity index (χ1n) is 10.4. The molecule has 0 amide bonds. The van der Waals surface area contributed by atoms with Gasteiger partial charge in [0.2, 0.25) is 0 Å². The molecule has 0 unspecified atom stereocenters. The van der Waals surface area contributed by atoms with Crippen LogP contribution in [0, 0.1) is 0 Å². The number of azo groups is 1. The summed E-state index contributed by atoms with van der Waals surface area (Å²) in [5.41, 5.74) is 6.85. The maximum Gasteiger partial charge on any atom is 0.0900 e. The Kier molecular flexibility index (Phi) is 5.99. The molecule has 0 saturated heterocycles. The summed E-state index contributed by atoms with van der Waals surface area (Å²) >= 11 is 4.29. The van der Waals surface area contributed by atoms with Crippen molar-refractivity contribution in [3.8, 4) is 33.9 Å². The first kappa shape index (κ1) is 20.7. The topological polar surface area (TPSA) is 63.4 Å². The Labute approximate surface area is 197 Å². The molecule has 33 heavy (non-hydrogen) atoms. The summed E-state index contributed by atoms with van der Waals surface area (Å²) < 4.78 is 0. The molecular weight excluding hydrogens is 426 g/mol. The highest BCUT2D eigenvalue weighted by atomic mass is 32.1. The Morgan fingerprint density at radius 3 is 1.52 bits per heavy atom. The van der Waals surface area contributed by atoms with Gasteiger partial charge in [0, 0.05) is 17.3 Å². The number of pyridine rings is 3. The van der Waals surface area contributed by atoms with Gasteiger partial charge in [-0.2, -0.15) is 10.2 Å². The third kappa shape index (κ3) is 5.02. The third-order valence-electron chi connectivity index (χ3n) is 5.01. The van der Waals surface area contributed by atoms with E-state index in [-0.39, 0.29) is 0 Å². The molecule has 0 spiro atoms. The van der Waals surface area contributed by atoms with E-state index in [1.165, 1.54) is 0 Å². The number of thiol groups is 1. The Morgan fingerprint density at radius 1 is 0.515 bits per heavy atom. The standard InChI is InChI=1S/C27H19N5S/c33-23-13-11-22(12-14-23)32-31-21-9-7-19(8-10-21)20-17-26(24-5-1-3-15-28-24)30-27(18-20)25-6-2-4-16-29-25/h1-18,33H/b32-31+. The summed E-state index contributed by atoms with van der Waals surface area (Å²) in [6.07, 6.45) is 3.54. The van der Waals surface area contributed by atoms with Gasteiger partial charge in [-0.15, -0.1) is 12.6 Å². The fraction of sp³-hybridized carbons (Fsp3) is 0. The highest BCUT2D eigenvalue weighted by Crippen LogP contribution is 2.30. The SMILES string of the molecule is Sc1ccc(/N=N/c2ccc(-c3cc(-c4ccccn4)nc(-c4ccccn4)c3)cc2)cc1. The molecule has 0 aliphatic carbocycles. The molecule has 3 heterocycles. The second-order valence-electron chi connectivity index (χ2n) is 7.32. The van der Waals surface area contributed by atoms with Crippen LogP contribution in [0.5, 0.6) is 0 Å². The maximum absolute atomic E-state index is 4.82. The zero-order chi connectivity index (χ0) is 22.5. The second kappa shape index (κ2) is 9.54. The van der Waals surface area contributed by atoms with E-state index in [2.05, 4.69) is 32.8 Å². The quantitative estimate of drug-likeness (QED) is 0.224. The van der Waals surface area contributed by atoms with Crippen LogP contribution in [0.2, 0.25) is 0 Å². The first-order chi connectivity index (χ1) is 16.2. The average molecular weight is 446 g/mol. The predicted molar refractivity (Wildman–Crippen MR) is 134 cm³/mol. The van der Waals surface area contributed by atoms with Gasteiger partial charge >= 0.3 is 0 Å². The Balaban J connectivity index is 1.49.